The first-order valence-electron chi connectivity index (χ1n) is 13.2. The summed E-state index contributed by atoms with van der Waals surface area (Å²) < 4.78 is 6.71. The molecule has 9 heteroatoms. The number of hydrogen-bond acceptors (Lipinski definition) is 5. The molecule has 1 N–H and O–H groups in total. The number of carbonyl (C=O) groups excluding carboxylic acids is 3. The molecule has 0 aromatic heterocycles. The van der Waals surface area contributed by atoms with E-state index in [0.29, 0.717) is 42.9 Å². The summed E-state index contributed by atoms with van der Waals surface area (Å²) >= 11 is 6.59. The van der Waals surface area contributed by atoms with Crippen LogP contribution in [0.3, 0.4) is 0 Å². The van der Waals surface area contributed by atoms with E-state index in [2.05, 4.69) is 13.2 Å². The molecule has 0 aliphatic carbocycles. The largest absolute Gasteiger partial charge is 0.396 e. The summed E-state index contributed by atoms with van der Waals surface area (Å²) in [6, 6.07) is 4.51. The van der Waals surface area contributed by atoms with E-state index in [1.54, 1.807) is 40.0 Å². The fourth-order valence-corrected chi connectivity index (χ4v) is 7.09. The minimum atomic E-state index is -1.13. The molecule has 206 valence electrons. The monoisotopic (exact) mass is 543 g/mol. The number of nitrogens with zero attached hydrogens (tertiary/aromatic N) is 3. The van der Waals surface area contributed by atoms with Crippen LogP contribution in [-0.2, 0) is 19.1 Å². The van der Waals surface area contributed by atoms with E-state index in [1.165, 1.54) is 0 Å². The van der Waals surface area contributed by atoms with Crippen molar-refractivity contribution in [3.05, 3.63) is 54.1 Å². The van der Waals surface area contributed by atoms with Crippen LogP contribution in [0.25, 0.3) is 0 Å². The number of aliphatic hydroxyl groups is 1. The van der Waals surface area contributed by atoms with Crippen LogP contribution in [0.1, 0.15) is 38.2 Å². The first-order chi connectivity index (χ1) is 18.1. The maximum atomic E-state index is 14.6. The minimum Gasteiger partial charge on any atom is -0.396 e. The average molecular weight is 544 g/mol. The molecule has 38 heavy (non-hydrogen) atoms. The summed E-state index contributed by atoms with van der Waals surface area (Å²) in [5, 5.41) is 9.81. The van der Waals surface area contributed by atoms with E-state index in [1.807, 2.05) is 26.0 Å². The van der Waals surface area contributed by atoms with Gasteiger partial charge in [-0.1, -0.05) is 35.9 Å². The van der Waals surface area contributed by atoms with Gasteiger partial charge in [-0.2, -0.15) is 0 Å². The Bertz CT molecular complexity index is 1120. The Morgan fingerprint density at radius 3 is 2.55 bits per heavy atom. The molecular formula is C29H38ClN3O5. The Hall–Kier alpha value is -2.68. The van der Waals surface area contributed by atoms with Gasteiger partial charge in [0.2, 0.25) is 11.8 Å². The van der Waals surface area contributed by atoms with Gasteiger partial charge in [-0.15, -0.1) is 13.2 Å². The fourth-order valence-electron chi connectivity index (χ4n) is 6.77. The molecule has 3 fully saturated rings. The van der Waals surface area contributed by atoms with E-state index in [-0.39, 0.29) is 37.4 Å². The van der Waals surface area contributed by atoms with Gasteiger partial charge in [0.1, 0.15) is 11.6 Å². The molecule has 1 spiro atoms. The van der Waals surface area contributed by atoms with Gasteiger partial charge in [0.05, 0.1) is 28.1 Å². The predicted molar refractivity (Wildman–Crippen MR) is 147 cm³/mol. The Kier molecular flexibility index (Phi) is 8.07. The number of ether oxygens (including phenoxy) is 1. The number of para-hydroxylation sites is 1. The van der Waals surface area contributed by atoms with E-state index in [4.69, 9.17) is 16.3 Å². The van der Waals surface area contributed by atoms with Crippen molar-refractivity contribution in [1.82, 2.24) is 9.80 Å². The van der Waals surface area contributed by atoms with Gasteiger partial charge in [-0.05, 0) is 51.2 Å². The summed E-state index contributed by atoms with van der Waals surface area (Å²) in [6.07, 6.45) is 5.35. The third-order valence-corrected chi connectivity index (χ3v) is 8.70. The summed E-state index contributed by atoms with van der Waals surface area (Å²) in [6.45, 7) is 12.2. The number of aliphatic hydroxyl groups excluding tert-OH is 1. The van der Waals surface area contributed by atoms with Crippen molar-refractivity contribution in [3.8, 4) is 0 Å². The maximum absolute atomic E-state index is 14.6. The van der Waals surface area contributed by atoms with Crippen LogP contribution in [0, 0.1) is 18.8 Å². The number of carbonyl (C=O) groups is 3. The predicted octanol–water partition coefficient (Wildman–Crippen LogP) is 3.35. The molecule has 0 saturated carbocycles. The summed E-state index contributed by atoms with van der Waals surface area (Å²) in [7, 11) is 1.69. The normalized spacial score (nSPS) is 29.3. The van der Waals surface area contributed by atoms with E-state index < -0.39 is 29.1 Å². The lowest BCUT2D eigenvalue weighted by Gasteiger charge is -2.37. The van der Waals surface area contributed by atoms with Crippen LogP contribution in [-0.4, -0.2) is 83.2 Å². The Morgan fingerprint density at radius 1 is 1.21 bits per heavy atom. The number of hydrogen-bond donors (Lipinski definition) is 1. The number of benzene rings is 1. The van der Waals surface area contributed by atoms with Crippen molar-refractivity contribution in [2.24, 2.45) is 11.8 Å². The van der Waals surface area contributed by atoms with Crippen LogP contribution in [0.2, 0.25) is 5.02 Å². The summed E-state index contributed by atoms with van der Waals surface area (Å²) in [4.78, 5) is 47.1. The molecule has 3 amide bonds. The smallest absolute Gasteiger partial charge is 0.253 e. The molecule has 0 radical (unpaired) electrons. The van der Waals surface area contributed by atoms with Gasteiger partial charge < -0.3 is 24.5 Å². The molecular weight excluding hydrogens is 506 g/mol. The maximum Gasteiger partial charge on any atom is 0.253 e. The van der Waals surface area contributed by atoms with E-state index in [0.717, 1.165) is 5.56 Å². The first-order valence-corrected chi connectivity index (χ1v) is 13.6. The van der Waals surface area contributed by atoms with Gasteiger partial charge in [0, 0.05) is 33.3 Å². The van der Waals surface area contributed by atoms with E-state index >= 15 is 0 Å². The van der Waals surface area contributed by atoms with Crippen LogP contribution in [0.5, 0.6) is 0 Å². The lowest BCUT2D eigenvalue weighted by atomic mass is 9.66. The zero-order valence-electron chi connectivity index (χ0n) is 22.5. The zero-order valence-corrected chi connectivity index (χ0v) is 23.2. The van der Waals surface area contributed by atoms with Gasteiger partial charge in [-0.25, -0.2) is 0 Å². The topological polar surface area (TPSA) is 90.4 Å². The molecule has 1 aromatic rings. The molecule has 3 aliphatic heterocycles. The highest BCUT2D eigenvalue weighted by Crippen LogP contribution is 2.63. The average Bonchev–Trinajstić information content (AvgIpc) is 3.43. The van der Waals surface area contributed by atoms with Crippen molar-refractivity contribution >= 4 is 35.0 Å². The van der Waals surface area contributed by atoms with Gasteiger partial charge in [0.25, 0.3) is 5.91 Å². The zero-order chi connectivity index (χ0) is 27.8. The Balaban J connectivity index is 1.82. The molecule has 4 rings (SSSR count). The lowest BCUT2D eigenvalue weighted by Crippen LogP contribution is -2.56. The second kappa shape index (κ2) is 10.8. The molecule has 8 nitrogen and oxygen atoms in total. The van der Waals surface area contributed by atoms with Crippen molar-refractivity contribution < 1.29 is 24.2 Å². The van der Waals surface area contributed by atoms with Crippen molar-refractivity contribution in [3.63, 3.8) is 0 Å². The molecule has 3 heterocycles. The third-order valence-electron chi connectivity index (χ3n) is 8.40. The number of unbranched alkanes of at least 4 members (excludes halogenated alkanes) is 1. The number of anilines is 1. The number of halogens is 1. The molecule has 5 atom stereocenters. The molecule has 2 bridgehead atoms. The van der Waals surface area contributed by atoms with Crippen LogP contribution >= 0.6 is 11.6 Å². The number of likely N-dealkylation sites (N-methyl/N-ethyl adjacent to an activating group) is 1. The van der Waals surface area contributed by atoms with Crippen LogP contribution in [0.15, 0.2) is 43.5 Å². The number of fused-ring (bicyclic) bond motifs is 1. The minimum absolute atomic E-state index is 0.0152. The second-order valence-electron chi connectivity index (χ2n) is 10.8. The van der Waals surface area contributed by atoms with Crippen molar-refractivity contribution in [1.29, 1.82) is 0 Å². The number of aryl methyl sites for hydroxylation is 1. The highest BCUT2D eigenvalue weighted by molar-refractivity contribution is 6.34. The molecule has 3 aliphatic rings. The lowest BCUT2D eigenvalue weighted by molar-refractivity contribution is -0.149. The summed E-state index contributed by atoms with van der Waals surface area (Å²) in [5.41, 5.74) is -0.600. The highest BCUT2D eigenvalue weighted by Gasteiger charge is 2.78. The number of likely N-dealkylation sites (tertiary alicyclic amines) is 1. The van der Waals surface area contributed by atoms with Crippen LogP contribution in [0.4, 0.5) is 5.69 Å². The van der Waals surface area contributed by atoms with Crippen molar-refractivity contribution in [2.75, 3.05) is 38.2 Å². The standard InChI is InChI=1S/C29H38ClN3O5/c1-6-15-31(5)25(35)21-22-26(36)33(17-8-9-18-34)24(29(22)14-13-28(21,4)38-29)27(37)32(16-7-2)23-19(3)11-10-12-20(23)30/h6-7,10-12,21-22,24,34H,1-2,8-9,13-18H2,3-5H3/t21-,22-,24?,28+,29?/m0/s1. The number of amides is 3. The highest BCUT2D eigenvalue weighted by atomic mass is 35.5. The summed E-state index contributed by atoms with van der Waals surface area (Å²) in [5.74, 6) is -2.22. The van der Waals surface area contributed by atoms with Gasteiger partial charge >= 0.3 is 0 Å². The third kappa shape index (κ3) is 4.36. The van der Waals surface area contributed by atoms with Gasteiger partial charge in [0.15, 0.2) is 0 Å². The van der Waals surface area contributed by atoms with Crippen LogP contribution < -0.4 is 4.90 Å². The second-order valence-corrected chi connectivity index (χ2v) is 11.2. The Morgan fingerprint density at radius 2 is 1.92 bits per heavy atom. The molecule has 2 unspecified atom stereocenters. The Labute approximate surface area is 229 Å². The SMILES string of the molecule is C=CCN(C)C(=O)[C@@H]1[C@H]2C(=O)N(CCCCO)C(C(=O)N(CC=C)c3c(C)cccc3Cl)C23CC[C@@]1(C)O3. The quantitative estimate of drug-likeness (QED) is 0.341. The van der Waals surface area contributed by atoms with Gasteiger partial charge in [-0.3, -0.25) is 14.4 Å². The molecule has 1 aromatic carbocycles. The molecule has 3 saturated heterocycles. The van der Waals surface area contributed by atoms with Crippen molar-refractivity contribution in [2.45, 2.75) is 56.8 Å². The first kappa shape index (κ1) is 28.3. The van der Waals surface area contributed by atoms with E-state index in [9.17, 15) is 19.5 Å². The number of rotatable bonds is 11. The fraction of sp³-hybridized carbons (Fsp3) is 0.552.